The first kappa shape index (κ1) is 22.1. The van der Waals surface area contributed by atoms with Gasteiger partial charge in [0.1, 0.15) is 0 Å². The third-order valence-electron chi connectivity index (χ3n) is 12.8. The molecule has 4 nitrogen and oxygen atoms in total. The predicted molar refractivity (Wildman–Crippen MR) is 244 cm³/mol. The summed E-state index contributed by atoms with van der Waals surface area (Å²) in [6.45, 7) is 0. The average molecular weight is 745 g/mol. The van der Waals surface area contributed by atoms with E-state index in [1.807, 2.05) is 63.7 Å². The summed E-state index contributed by atoms with van der Waals surface area (Å²) >= 11 is 0. The summed E-state index contributed by atoms with van der Waals surface area (Å²) in [5.41, 5.74) is 8.53. The molecule has 0 fully saturated rings. The summed E-state index contributed by atoms with van der Waals surface area (Å²) in [5.74, 6) is 0. The van der Waals surface area contributed by atoms with E-state index in [2.05, 4.69) is 75.5 Å². The van der Waals surface area contributed by atoms with Gasteiger partial charge in [-0.3, -0.25) is 0 Å². The summed E-state index contributed by atoms with van der Waals surface area (Å²) in [5, 5.41) is 11.3. The molecular weight excluding hydrogens is 705 g/mol. The van der Waals surface area contributed by atoms with E-state index in [0.717, 1.165) is 97.7 Å². The van der Waals surface area contributed by atoms with E-state index < -0.39 is 36.3 Å². The molecule has 0 saturated heterocycles. The van der Waals surface area contributed by atoms with Crippen LogP contribution in [0.15, 0.2) is 182 Å². The van der Waals surface area contributed by atoms with Gasteiger partial charge in [0.15, 0.2) is 0 Å². The van der Waals surface area contributed by atoms with Gasteiger partial charge in [-0.15, -0.1) is 0 Å². The SMILES string of the molecule is [2H]c1c([2H])c([2H])c(-n2c3ccccc3c3c4c5ccc6c7ccccc7n(-c7c([2H])c([2H])c([2H])c([2H])c7[2H])c6c5n5c6cc7c(cc6c(cc32)c45)c2cccc3c4ccccc4n7c32)c([2H])c1[2H]. The molecule has 0 spiro atoms. The number of fused-ring (bicyclic) bond motifs is 20. The number of aromatic nitrogens is 4. The first-order valence-corrected chi connectivity index (χ1v) is 19.3. The molecule has 9 aromatic carbocycles. The number of benzene rings is 9. The van der Waals surface area contributed by atoms with E-state index in [-0.39, 0.29) is 35.5 Å². The molecule has 6 heterocycles. The predicted octanol–water partition coefficient (Wildman–Crippen LogP) is 14.2. The lowest BCUT2D eigenvalue weighted by atomic mass is 10.0. The fraction of sp³-hybridized carbons (Fsp3) is 0. The van der Waals surface area contributed by atoms with Gasteiger partial charge in [0.25, 0.3) is 0 Å². The molecule has 4 heteroatoms. The van der Waals surface area contributed by atoms with Gasteiger partial charge in [-0.1, -0.05) is 121 Å². The highest BCUT2D eigenvalue weighted by Crippen LogP contribution is 2.51. The Balaban J connectivity index is 1.26. The van der Waals surface area contributed by atoms with Gasteiger partial charge in [-0.25, -0.2) is 0 Å². The van der Waals surface area contributed by atoms with Crippen molar-refractivity contribution in [1.82, 2.24) is 17.9 Å². The van der Waals surface area contributed by atoms with E-state index in [0.29, 0.717) is 22.1 Å². The minimum Gasteiger partial charge on any atom is -0.309 e. The van der Waals surface area contributed by atoms with Crippen LogP contribution < -0.4 is 0 Å². The lowest BCUT2D eigenvalue weighted by molar-refractivity contribution is 1.18. The molecule has 0 radical (unpaired) electrons. The van der Waals surface area contributed by atoms with Crippen LogP contribution >= 0.6 is 0 Å². The molecule has 0 aliphatic carbocycles. The normalized spacial score (nSPS) is 15.2. The summed E-state index contributed by atoms with van der Waals surface area (Å²) < 4.78 is 97.6. The maximum atomic E-state index is 9.34. The van der Waals surface area contributed by atoms with Gasteiger partial charge < -0.3 is 17.9 Å². The Kier molecular flexibility index (Phi) is 3.85. The minimum absolute atomic E-state index is 0.0414. The zero-order chi connectivity index (χ0) is 46.1. The second-order valence-electron chi connectivity index (χ2n) is 15.3. The van der Waals surface area contributed by atoms with Gasteiger partial charge in [-0.05, 0) is 60.6 Å². The van der Waals surface area contributed by atoms with Crippen LogP contribution in [0.3, 0.4) is 0 Å². The van der Waals surface area contributed by atoms with Gasteiger partial charge >= 0.3 is 0 Å². The van der Waals surface area contributed by atoms with Crippen molar-refractivity contribution in [3.8, 4) is 11.4 Å². The molecule has 0 bridgehead atoms. The monoisotopic (exact) mass is 744 g/mol. The van der Waals surface area contributed by atoms with E-state index in [4.69, 9.17) is 8.22 Å². The average Bonchev–Trinajstić information content (AvgIpc) is 4.19. The number of hydrogen-bond acceptors (Lipinski definition) is 0. The van der Waals surface area contributed by atoms with Crippen LogP contribution in [-0.2, 0) is 0 Å². The number of nitrogens with zero attached hydrogens (tertiary/aromatic N) is 4. The minimum atomic E-state index is -0.473. The second-order valence-corrected chi connectivity index (χ2v) is 15.3. The Morgan fingerprint density at radius 2 is 0.845 bits per heavy atom. The molecule has 0 saturated carbocycles. The lowest BCUT2D eigenvalue weighted by Gasteiger charge is -2.09. The Bertz CT molecular complexity index is 4810. The van der Waals surface area contributed by atoms with Crippen LogP contribution in [0, 0.1) is 0 Å². The Morgan fingerprint density at radius 1 is 0.293 bits per heavy atom. The van der Waals surface area contributed by atoms with Crippen LogP contribution in [-0.4, -0.2) is 17.9 Å². The molecule has 0 unspecified atom stereocenters. The fourth-order valence-electron chi connectivity index (χ4n) is 10.7. The maximum absolute atomic E-state index is 9.34. The molecule has 0 atom stereocenters. The molecule has 0 aliphatic heterocycles. The van der Waals surface area contributed by atoms with Crippen molar-refractivity contribution < 1.29 is 13.7 Å². The maximum Gasteiger partial charge on any atom is 0.0789 e. The molecule has 58 heavy (non-hydrogen) atoms. The van der Waals surface area contributed by atoms with Crippen molar-refractivity contribution in [2.24, 2.45) is 0 Å². The molecular formula is C54H30N4. The molecule has 0 N–H and O–H groups in total. The molecule has 15 aromatic rings. The van der Waals surface area contributed by atoms with Crippen molar-refractivity contribution in [3.05, 3.63) is 182 Å². The van der Waals surface area contributed by atoms with Gasteiger partial charge in [0, 0.05) is 76.0 Å². The number of rotatable bonds is 2. The summed E-state index contributed by atoms with van der Waals surface area (Å²) in [6, 6.07) is 37.2. The second kappa shape index (κ2) is 10.1. The topological polar surface area (TPSA) is 18.7 Å². The van der Waals surface area contributed by atoms with E-state index in [9.17, 15) is 5.48 Å². The van der Waals surface area contributed by atoms with Crippen molar-refractivity contribution in [3.63, 3.8) is 0 Å². The van der Waals surface area contributed by atoms with Crippen LogP contribution in [0.25, 0.3) is 131 Å². The van der Waals surface area contributed by atoms with Gasteiger partial charge in [0.2, 0.25) is 0 Å². The lowest BCUT2D eigenvalue weighted by Crippen LogP contribution is -1.95. The largest absolute Gasteiger partial charge is 0.309 e. The number of para-hydroxylation sites is 6. The van der Waals surface area contributed by atoms with Gasteiger partial charge in [-0.2, -0.15) is 0 Å². The van der Waals surface area contributed by atoms with Crippen molar-refractivity contribution in [1.29, 1.82) is 0 Å². The summed E-state index contributed by atoms with van der Waals surface area (Å²) in [7, 11) is 0. The van der Waals surface area contributed by atoms with Crippen LogP contribution in [0.1, 0.15) is 13.7 Å². The summed E-state index contributed by atoms with van der Waals surface area (Å²) in [6.07, 6.45) is 0. The number of hydrogen-bond donors (Lipinski definition) is 0. The molecule has 266 valence electrons. The van der Waals surface area contributed by atoms with E-state index in [1.165, 1.54) is 0 Å². The molecule has 0 aliphatic rings. The van der Waals surface area contributed by atoms with Crippen LogP contribution in [0.5, 0.6) is 0 Å². The van der Waals surface area contributed by atoms with Crippen molar-refractivity contribution >= 4 is 120 Å². The highest BCUT2D eigenvalue weighted by molar-refractivity contribution is 6.39. The Labute approximate surface area is 343 Å². The Hall–Kier alpha value is -7.82. The standard InChI is InChI=1S/C54H30N4/c1-3-14-31(15-4-1)55-45-25-12-9-20-38(45)49-48(55)29-42-41-28-40-36-22-13-21-35-33-18-8-11-24-44(33)57(51(35)36)46(40)30-47(41)58-52(42)50(49)39-27-26-37-34-19-7-10-23-43(34)56(53(37)54(39)58)32-16-5-2-6-17-32/h1-30H/i1D,2D,3D,4D,5D,6D,14D,15D,16D,17D. The first-order valence-electron chi connectivity index (χ1n) is 24.3. The third-order valence-corrected chi connectivity index (χ3v) is 12.8. The van der Waals surface area contributed by atoms with Gasteiger partial charge in [0.05, 0.1) is 68.9 Å². The van der Waals surface area contributed by atoms with Crippen LogP contribution in [0.4, 0.5) is 0 Å². The quantitative estimate of drug-likeness (QED) is 0.168. The third kappa shape index (κ3) is 3.30. The molecule has 6 aromatic heterocycles. The van der Waals surface area contributed by atoms with E-state index >= 15 is 0 Å². The zero-order valence-corrected chi connectivity index (χ0v) is 30.3. The highest BCUT2D eigenvalue weighted by atomic mass is 15.0. The first-order chi connectivity index (χ1) is 33.0. The molecule has 0 amide bonds. The van der Waals surface area contributed by atoms with Crippen molar-refractivity contribution in [2.75, 3.05) is 0 Å². The summed E-state index contributed by atoms with van der Waals surface area (Å²) in [4.78, 5) is 0. The molecule has 15 rings (SSSR count). The smallest absolute Gasteiger partial charge is 0.0789 e. The highest BCUT2D eigenvalue weighted by Gasteiger charge is 2.28. The Morgan fingerprint density at radius 3 is 1.60 bits per heavy atom. The van der Waals surface area contributed by atoms with Crippen molar-refractivity contribution in [2.45, 2.75) is 0 Å². The van der Waals surface area contributed by atoms with E-state index in [1.54, 1.807) is 0 Å². The van der Waals surface area contributed by atoms with Crippen LogP contribution in [0.2, 0.25) is 0 Å². The zero-order valence-electron chi connectivity index (χ0n) is 40.3. The fourth-order valence-corrected chi connectivity index (χ4v) is 10.7.